The Morgan fingerprint density at radius 2 is 1.83 bits per heavy atom. The molecular weight excluding hydrogens is 586 g/mol. The summed E-state index contributed by atoms with van der Waals surface area (Å²) >= 11 is 8.01. The van der Waals surface area contributed by atoms with E-state index >= 15 is 0 Å². The van der Waals surface area contributed by atoms with Crippen LogP contribution in [0.4, 0.5) is 9.18 Å². The molecule has 0 aromatic heterocycles. The number of ether oxygens (including phenoxy) is 2. The van der Waals surface area contributed by atoms with Crippen molar-refractivity contribution in [3.63, 3.8) is 0 Å². The SMILES string of the molecule is CCOc1cc(/C=C2\NC(=O)N(Cc3ccc(Cl)cc3)C2=O)cc(I)c1OCc1ccccc1F. The summed E-state index contributed by atoms with van der Waals surface area (Å²) in [6.07, 6.45) is 1.59. The molecule has 9 heteroatoms. The van der Waals surface area contributed by atoms with E-state index in [1.165, 1.54) is 6.07 Å². The zero-order valence-corrected chi connectivity index (χ0v) is 21.6. The zero-order chi connectivity index (χ0) is 24.9. The average molecular weight is 607 g/mol. The molecule has 0 atom stereocenters. The molecule has 180 valence electrons. The molecule has 0 aliphatic carbocycles. The second-order valence-electron chi connectivity index (χ2n) is 7.65. The quantitative estimate of drug-likeness (QED) is 0.190. The van der Waals surface area contributed by atoms with Crippen molar-refractivity contribution in [3.8, 4) is 11.5 Å². The molecule has 6 nitrogen and oxygen atoms in total. The summed E-state index contributed by atoms with van der Waals surface area (Å²) in [6.45, 7) is 2.39. The van der Waals surface area contributed by atoms with Gasteiger partial charge in [0, 0.05) is 10.6 Å². The van der Waals surface area contributed by atoms with Crippen molar-refractivity contribution in [2.45, 2.75) is 20.1 Å². The lowest BCUT2D eigenvalue weighted by Gasteiger charge is -2.15. The van der Waals surface area contributed by atoms with Crippen molar-refractivity contribution in [3.05, 3.63) is 97.5 Å². The lowest BCUT2D eigenvalue weighted by atomic mass is 10.1. The van der Waals surface area contributed by atoms with Gasteiger partial charge in [-0.2, -0.15) is 0 Å². The van der Waals surface area contributed by atoms with E-state index in [0.717, 1.165) is 10.5 Å². The Kier molecular flexibility index (Phi) is 7.92. The number of nitrogens with one attached hydrogen (secondary N) is 1. The fourth-order valence-corrected chi connectivity index (χ4v) is 4.40. The molecule has 0 saturated carbocycles. The van der Waals surface area contributed by atoms with Gasteiger partial charge in [0.25, 0.3) is 5.91 Å². The molecule has 3 amide bonds. The first-order valence-corrected chi connectivity index (χ1v) is 12.2. The van der Waals surface area contributed by atoms with Crippen LogP contribution < -0.4 is 14.8 Å². The number of halogens is 3. The molecule has 4 rings (SSSR count). The monoisotopic (exact) mass is 606 g/mol. The van der Waals surface area contributed by atoms with Crippen LogP contribution in [0.15, 0.2) is 66.4 Å². The summed E-state index contributed by atoms with van der Waals surface area (Å²) in [5.41, 5.74) is 2.01. The van der Waals surface area contributed by atoms with E-state index < -0.39 is 11.9 Å². The van der Waals surface area contributed by atoms with Gasteiger partial charge < -0.3 is 14.8 Å². The number of carbonyl (C=O) groups excluding carboxylic acids is 2. The Morgan fingerprint density at radius 1 is 1.09 bits per heavy atom. The number of rotatable bonds is 8. The van der Waals surface area contributed by atoms with Gasteiger partial charge in [0.15, 0.2) is 11.5 Å². The minimum atomic E-state index is -0.499. The van der Waals surface area contributed by atoms with Gasteiger partial charge in [-0.15, -0.1) is 0 Å². The predicted molar refractivity (Wildman–Crippen MR) is 140 cm³/mol. The molecule has 1 N–H and O–H groups in total. The average Bonchev–Trinajstić information content (AvgIpc) is 3.08. The number of urea groups is 1. The first-order valence-electron chi connectivity index (χ1n) is 10.8. The third-order valence-corrected chi connectivity index (χ3v) is 6.24. The van der Waals surface area contributed by atoms with E-state index in [1.54, 1.807) is 60.7 Å². The van der Waals surface area contributed by atoms with Crippen molar-refractivity contribution in [2.75, 3.05) is 6.61 Å². The number of hydrogen-bond donors (Lipinski definition) is 1. The van der Waals surface area contributed by atoms with E-state index in [-0.39, 0.29) is 24.7 Å². The van der Waals surface area contributed by atoms with Gasteiger partial charge in [0.2, 0.25) is 0 Å². The van der Waals surface area contributed by atoms with E-state index in [4.69, 9.17) is 21.1 Å². The third kappa shape index (κ3) is 5.94. The first-order chi connectivity index (χ1) is 16.9. The summed E-state index contributed by atoms with van der Waals surface area (Å²) in [6, 6.07) is 16.4. The van der Waals surface area contributed by atoms with Gasteiger partial charge in [-0.25, -0.2) is 9.18 Å². The van der Waals surface area contributed by atoms with Crippen LogP contribution in [-0.2, 0) is 17.9 Å². The normalized spacial score (nSPS) is 14.4. The Labute approximate surface area is 220 Å². The van der Waals surface area contributed by atoms with Crippen LogP contribution in [0.3, 0.4) is 0 Å². The van der Waals surface area contributed by atoms with E-state index in [0.29, 0.717) is 37.8 Å². The van der Waals surface area contributed by atoms with Gasteiger partial charge in [0.05, 0.1) is 16.7 Å². The smallest absolute Gasteiger partial charge is 0.329 e. The van der Waals surface area contributed by atoms with Gasteiger partial charge in [-0.1, -0.05) is 41.9 Å². The summed E-state index contributed by atoms with van der Waals surface area (Å²) in [4.78, 5) is 26.5. The molecule has 1 fully saturated rings. The number of carbonyl (C=O) groups is 2. The lowest BCUT2D eigenvalue weighted by Crippen LogP contribution is -2.30. The Morgan fingerprint density at radius 3 is 2.54 bits per heavy atom. The third-order valence-electron chi connectivity index (χ3n) is 5.19. The first kappa shape index (κ1) is 25.0. The molecule has 0 spiro atoms. The van der Waals surface area contributed by atoms with Crippen LogP contribution >= 0.6 is 34.2 Å². The van der Waals surface area contributed by atoms with Crippen LogP contribution in [0.5, 0.6) is 11.5 Å². The highest BCUT2D eigenvalue weighted by Gasteiger charge is 2.33. The van der Waals surface area contributed by atoms with Crippen LogP contribution in [0.1, 0.15) is 23.6 Å². The van der Waals surface area contributed by atoms with Gasteiger partial charge >= 0.3 is 6.03 Å². The Hall–Kier alpha value is -3.11. The largest absolute Gasteiger partial charge is 0.490 e. The molecular formula is C26H21ClFIN2O4. The minimum absolute atomic E-state index is 0.0391. The second-order valence-corrected chi connectivity index (χ2v) is 9.25. The summed E-state index contributed by atoms with van der Waals surface area (Å²) < 4.78 is 26.4. The van der Waals surface area contributed by atoms with Crippen LogP contribution in [0, 0.1) is 9.39 Å². The fraction of sp³-hybridized carbons (Fsp3) is 0.154. The van der Waals surface area contributed by atoms with Gasteiger partial charge in [-0.05, 0) is 77.0 Å². The summed E-state index contributed by atoms with van der Waals surface area (Å²) in [5, 5.41) is 3.21. The van der Waals surface area contributed by atoms with E-state index in [2.05, 4.69) is 27.9 Å². The van der Waals surface area contributed by atoms with E-state index in [1.807, 2.05) is 6.92 Å². The fourth-order valence-electron chi connectivity index (χ4n) is 3.49. The van der Waals surface area contributed by atoms with E-state index in [9.17, 15) is 14.0 Å². The number of imide groups is 1. The molecule has 1 aliphatic heterocycles. The van der Waals surface area contributed by atoms with Crippen LogP contribution in [0.2, 0.25) is 5.02 Å². The minimum Gasteiger partial charge on any atom is -0.490 e. The highest BCUT2D eigenvalue weighted by atomic mass is 127. The van der Waals surface area contributed by atoms with Crippen LogP contribution in [-0.4, -0.2) is 23.4 Å². The number of nitrogens with zero attached hydrogens (tertiary/aromatic N) is 1. The Balaban J connectivity index is 1.55. The predicted octanol–water partition coefficient (Wildman–Crippen LogP) is 6.15. The van der Waals surface area contributed by atoms with Gasteiger partial charge in [0.1, 0.15) is 18.1 Å². The maximum absolute atomic E-state index is 14.0. The molecule has 1 heterocycles. The standard InChI is InChI=1S/C26H21ClFIN2O4/c1-2-34-23-13-17(11-21(29)24(23)35-15-18-5-3-4-6-20(18)28)12-22-25(32)31(26(33)30-22)14-16-7-9-19(27)10-8-16/h3-13H,2,14-15H2,1H3,(H,30,33)/b22-12-. The van der Waals surface area contributed by atoms with Crippen molar-refractivity contribution in [2.24, 2.45) is 0 Å². The molecule has 1 aliphatic rings. The molecule has 1 saturated heterocycles. The molecule has 3 aromatic rings. The van der Waals surface area contributed by atoms with Crippen molar-refractivity contribution in [1.29, 1.82) is 0 Å². The summed E-state index contributed by atoms with van der Waals surface area (Å²) in [5.74, 6) is 0.152. The number of hydrogen-bond acceptors (Lipinski definition) is 4. The maximum Gasteiger partial charge on any atom is 0.329 e. The van der Waals surface area contributed by atoms with Crippen molar-refractivity contribution >= 4 is 52.2 Å². The van der Waals surface area contributed by atoms with Crippen LogP contribution in [0.25, 0.3) is 6.08 Å². The molecule has 0 radical (unpaired) electrons. The van der Waals surface area contributed by atoms with Gasteiger partial charge in [-0.3, -0.25) is 9.69 Å². The second kappa shape index (κ2) is 11.1. The number of benzene rings is 3. The maximum atomic E-state index is 14.0. The number of amides is 3. The topological polar surface area (TPSA) is 67.9 Å². The lowest BCUT2D eigenvalue weighted by molar-refractivity contribution is -0.123. The van der Waals surface area contributed by atoms with Crippen molar-refractivity contribution in [1.82, 2.24) is 10.2 Å². The zero-order valence-electron chi connectivity index (χ0n) is 18.7. The van der Waals surface area contributed by atoms with Crippen molar-refractivity contribution < 1.29 is 23.5 Å². The summed E-state index contributed by atoms with van der Waals surface area (Å²) in [7, 11) is 0. The molecule has 35 heavy (non-hydrogen) atoms. The molecule has 0 bridgehead atoms. The molecule has 0 unspecified atom stereocenters. The highest BCUT2D eigenvalue weighted by Crippen LogP contribution is 2.36. The Bertz CT molecular complexity index is 1300. The highest BCUT2D eigenvalue weighted by molar-refractivity contribution is 14.1. The molecule has 3 aromatic carbocycles.